The van der Waals surface area contributed by atoms with Crippen LogP contribution in [0.15, 0.2) is 18.2 Å². The number of carbonyl (C=O) groups is 2. The molecular formula is C20H31N3O3. The van der Waals surface area contributed by atoms with Gasteiger partial charge in [-0.1, -0.05) is 17.7 Å². The van der Waals surface area contributed by atoms with Gasteiger partial charge in [0.2, 0.25) is 11.8 Å². The lowest BCUT2D eigenvalue weighted by molar-refractivity contribution is -0.136. The Balaban J connectivity index is 1.73. The van der Waals surface area contributed by atoms with E-state index in [0.29, 0.717) is 19.7 Å². The molecule has 1 aliphatic rings. The van der Waals surface area contributed by atoms with Gasteiger partial charge in [0.1, 0.15) is 5.75 Å². The molecule has 1 atom stereocenters. The van der Waals surface area contributed by atoms with E-state index < -0.39 is 0 Å². The first-order chi connectivity index (χ1) is 12.4. The number of hydrogen-bond acceptors (Lipinski definition) is 4. The minimum Gasteiger partial charge on any atom is -0.493 e. The number of hydrogen-bond donors (Lipinski definition) is 1. The average Bonchev–Trinajstić information content (AvgIpc) is 2.59. The Morgan fingerprint density at radius 3 is 2.81 bits per heavy atom. The van der Waals surface area contributed by atoms with Gasteiger partial charge in [0.15, 0.2) is 0 Å². The first kappa shape index (κ1) is 20.2. The van der Waals surface area contributed by atoms with Gasteiger partial charge in [-0.2, -0.15) is 0 Å². The van der Waals surface area contributed by atoms with Crippen LogP contribution >= 0.6 is 0 Å². The molecular weight excluding hydrogens is 330 g/mol. The molecule has 2 N–H and O–H groups in total. The Morgan fingerprint density at radius 2 is 2.12 bits per heavy atom. The lowest BCUT2D eigenvalue weighted by atomic mass is 9.96. The van der Waals surface area contributed by atoms with Gasteiger partial charge >= 0.3 is 0 Å². The van der Waals surface area contributed by atoms with Crippen LogP contribution in [0.1, 0.15) is 30.4 Å². The molecule has 1 fully saturated rings. The van der Waals surface area contributed by atoms with E-state index in [9.17, 15) is 9.59 Å². The summed E-state index contributed by atoms with van der Waals surface area (Å²) in [5.41, 5.74) is 7.61. The van der Waals surface area contributed by atoms with E-state index in [2.05, 4.69) is 13.0 Å². The van der Waals surface area contributed by atoms with Gasteiger partial charge < -0.3 is 15.4 Å². The minimum atomic E-state index is -0.338. The van der Waals surface area contributed by atoms with Crippen LogP contribution in [-0.4, -0.2) is 61.4 Å². The summed E-state index contributed by atoms with van der Waals surface area (Å²) in [5.74, 6) is 0.660. The maximum Gasteiger partial charge on any atom is 0.231 e. The van der Waals surface area contributed by atoms with E-state index in [1.54, 1.807) is 4.90 Å². The number of nitrogens with two attached hydrogens (primary N) is 1. The highest BCUT2D eigenvalue weighted by molar-refractivity contribution is 5.79. The molecule has 1 aliphatic heterocycles. The summed E-state index contributed by atoms with van der Waals surface area (Å²) in [6.45, 7) is 7.03. The third-order valence-electron chi connectivity index (χ3n) is 4.84. The van der Waals surface area contributed by atoms with Crippen LogP contribution in [0, 0.1) is 19.8 Å². The van der Waals surface area contributed by atoms with Crippen LogP contribution in [0.3, 0.4) is 0 Å². The van der Waals surface area contributed by atoms with Crippen molar-refractivity contribution in [3.05, 3.63) is 29.3 Å². The van der Waals surface area contributed by atoms with Crippen molar-refractivity contribution in [3.63, 3.8) is 0 Å². The first-order valence-electron chi connectivity index (χ1n) is 9.32. The van der Waals surface area contributed by atoms with Gasteiger partial charge in [0, 0.05) is 20.1 Å². The number of ether oxygens (including phenoxy) is 1. The SMILES string of the molecule is Cc1ccc(OCCCN(C)C(=O)[C@@H]2CCCN(CC(N)=O)C2)c(C)c1. The van der Waals surface area contributed by atoms with Crippen molar-refractivity contribution in [1.29, 1.82) is 0 Å². The van der Waals surface area contributed by atoms with Gasteiger partial charge in [0.05, 0.1) is 19.1 Å². The van der Waals surface area contributed by atoms with Gasteiger partial charge in [-0.25, -0.2) is 0 Å². The van der Waals surface area contributed by atoms with Crippen molar-refractivity contribution in [2.24, 2.45) is 11.7 Å². The number of rotatable bonds is 8. The Labute approximate surface area is 156 Å². The quantitative estimate of drug-likeness (QED) is 0.716. The molecule has 0 spiro atoms. The maximum atomic E-state index is 12.6. The smallest absolute Gasteiger partial charge is 0.231 e. The zero-order valence-electron chi connectivity index (χ0n) is 16.2. The van der Waals surface area contributed by atoms with E-state index in [-0.39, 0.29) is 24.3 Å². The van der Waals surface area contributed by atoms with E-state index in [1.165, 1.54) is 5.56 Å². The summed E-state index contributed by atoms with van der Waals surface area (Å²) in [4.78, 5) is 27.5. The van der Waals surface area contributed by atoms with E-state index in [4.69, 9.17) is 10.5 Å². The summed E-state index contributed by atoms with van der Waals surface area (Å²) in [7, 11) is 1.84. The number of carbonyl (C=O) groups excluding carboxylic acids is 2. The predicted octanol–water partition coefficient (Wildman–Crippen LogP) is 1.73. The molecule has 0 bridgehead atoms. The summed E-state index contributed by atoms with van der Waals surface area (Å²) in [6.07, 6.45) is 2.58. The highest BCUT2D eigenvalue weighted by Gasteiger charge is 2.28. The highest BCUT2D eigenvalue weighted by atomic mass is 16.5. The molecule has 0 saturated carbocycles. The Hall–Kier alpha value is -2.08. The molecule has 1 saturated heterocycles. The summed E-state index contributed by atoms with van der Waals surface area (Å²) >= 11 is 0. The Kier molecular flexibility index (Phi) is 7.45. The largest absolute Gasteiger partial charge is 0.493 e. The van der Waals surface area contributed by atoms with Gasteiger partial charge in [-0.3, -0.25) is 14.5 Å². The van der Waals surface area contributed by atoms with Crippen LogP contribution in [0.25, 0.3) is 0 Å². The highest BCUT2D eigenvalue weighted by Crippen LogP contribution is 2.20. The predicted molar refractivity (Wildman–Crippen MR) is 102 cm³/mol. The zero-order chi connectivity index (χ0) is 19.1. The molecule has 0 aromatic heterocycles. The molecule has 0 radical (unpaired) electrons. The number of amides is 2. The molecule has 144 valence electrons. The first-order valence-corrected chi connectivity index (χ1v) is 9.32. The molecule has 6 nitrogen and oxygen atoms in total. The summed E-state index contributed by atoms with van der Waals surface area (Å²) < 4.78 is 5.83. The summed E-state index contributed by atoms with van der Waals surface area (Å²) in [5, 5.41) is 0. The number of nitrogens with zero attached hydrogens (tertiary/aromatic N) is 2. The fourth-order valence-corrected chi connectivity index (χ4v) is 3.49. The second-order valence-electron chi connectivity index (χ2n) is 7.27. The topological polar surface area (TPSA) is 75.9 Å². The second-order valence-corrected chi connectivity index (χ2v) is 7.27. The number of benzene rings is 1. The van der Waals surface area contributed by atoms with Gasteiger partial charge in [-0.05, 0) is 51.3 Å². The number of piperidine rings is 1. The lowest BCUT2D eigenvalue weighted by Gasteiger charge is -2.33. The fraction of sp³-hybridized carbons (Fsp3) is 0.600. The van der Waals surface area contributed by atoms with Crippen molar-refractivity contribution >= 4 is 11.8 Å². The van der Waals surface area contributed by atoms with E-state index in [1.807, 2.05) is 31.0 Å². The third kappa shape index (κ3) is 6.02. The van der Waals surface area contributed by atoms with Gasteiger partial charge in [0.25, 0.3) is 0 Å². The average molecular weight is 361 g/mol. The van der Waals surface area contributed by atoms with Crippen LogP contribution in [0.2, 0.25) is 0 Å². The van der Waals surface area contributed by atoms with Crippen molar-refractivity contribution in [3.8, 4) is 5.75 Å². The normalized spacial score (nSPS) is 17.7. The zero-order valence-corrected chi connectivity index (χ0v) is 16.2. The monoisotopic (exact) mass is 361 g/mol. The molecule has 6 heteroatoms. The number of aryl methyl sites for hydroxylation is 2. The van der Waals surface area contributed by atoms with Crippen molar-refractivity contribution in [1.82, 2.24) is 9.80 Å². The van der Waals surface area contributed by atoms with E-state index >= 15 is 0 Å². The number of primary amides is 1. The standard InChI is InChI=1S/C20H31N3O3/c1-15-7-8-18(16(2)12-15)26-11-5-9-22(3)20(25)17-6-4-10-23(13-17)14-19(21)24/h7-8,12,17H,4-6,9-11,13-14H2,1-3H3,(H2,21,24)/t17-/m1/s1. The third-order valence-corrected chi connectivity index (χ3v) is 4.84. The van der Waals surface area contributed by atoms with Crippen LogP contribution < -0.4 is 10.5 Å². The molecule has 1 heterocycles. The Bertz CT molecular complexity index is 633. The van der Waals surface area contributed by atoms with Crippen LogP contribution in [0.5, 0.6) is 5.75 Å². The van der Waals surface area contributed by atoms with Crippen LogP contribution in [-0.2, 0) is 9.59 Å². The molecule has 26 heavy (non-hydrogen) atoms. The second kappa shape index (κ2) is 9.57. The van der Waals surface area contributed by atoms with Crippen molar-refractivity contribution in [2.45, 2.75) is 33.1 Å². The lowest BCUT2D eigenvalue weighted by Crippen LogP contribution is -2.46. The molecule has 1 aromatic carbocycles. The van der Waals surface area contributed by atoms with Gasteiger partial charge in [-0.15, -0.1) is 0 Å². The fourth-order valence-electron chi connectivity index (χ4n) is 3.49. The molecule has 0 aliphatic carbocycles. The Morgan fingerprint density at radius 1 is 1.35 bits per heavy atom. The minimum absolute atomic E-state index is 0.0478. The number of likely N-dealkylation sites (tertiary alicyclic amines) is 1. The molecule has 2 rings (SSSR count). The van der Waals surface area contributed by atoms with E-state index in [0.717, 1.165) is 37.1 Å². The summed E-state index contributed by atoms with van der Waals surface area (Å²) in [6, 6.07) is 6.14. The molecule has 2 amide bonds. The van der Waals surface area contributed by atoms with Crippen molar-refractivity contribution < 1.29 is 14.3 Å². The molecule has 1 aromatic rings. The van der Waals surface area contributed by atoms with Crippen LogP contribution in [0.4, 0.5) is 0 Å². The van der Waals surface area contributed by atoms with Crippen molar-refractivity contribution in [2.75, 3.05) is 39.8 Å². The maximum absolute atomic E-state index is 12.6. The molecule has 0 unspecified atom stereocenters.